The lowest BCUT2D eigenvalue weighted by molar-refractivity contribution is 0.0600. The van der Waals surface area contributed by atoms with Gasteiger partial charge in [-0.2, -0.15) is 0 Å². The number of hydrogen-bond acceptors (Lipinski definition) is 3. The van der Waals surface area contributed by atoms with Gasteiger partial charge in [0.25, 0.3) is 5.91 Å². The molecule has 1 saturated heterocycles. The van der Waals surface area contributed by atoms with Crippen LogP contribution in [0.5, 0.6) is 0 Å². The van der Waals surface area contributed by atoms with E-state index in [1.54, 1.807) is 6.20 Å². The van der Waals surface area contributed by atoms with Crippen molar-refractivity contribution in [3.05, 3.63) is 59.2 Å². The van der Waals surface area contributed by atoms with Gasteiger partial charge in [0, 0.05) is 18.8 Å². The van der Waals surface area contributed by atoms with Crippen LogP contribution in [0.4, 0.5) is 0 Å². The molecule has 0 N–H and O–H groups in total. The normalized spacial score (nSPS) is 17.8. The number of rotatable bonds is 4. The molecule has 1 aromatic heterocycles. The molecule has 4 nitrogen and oxygen atoms in total. The van der Waals surface area contributed by atoms with Gasteiger partial charge in [-0.05, 0) is 51.5 Å². The first-order chi connectivity index (χ1) is 11.6. The van der Waals surface area contributed by atoms with Crippen LogP contribution >= 0.6 is 0 Å². The van der Waals surface area contributed by atoms with Crippen LogP contribution < -0.4 is 0 Å². The number of hydrogen-bond donors (Lipinski definition) is 0. The van der Waals surface area contributed by atoms with Gasteiger partial charge in [-0.1, -0.05) is 30.3 Å². The highest BCUT2D eigenvalue weighted by molar-refractivity contribution is 5.95. The first-order valence-corrected chi connectivity index (χ1v) is 8.80. The Labute approximate surface area is 143 Å². The van der Waals surface area contributed by atoms with Crippen molar-refractivity contribution in [1.29, 1.82) is 0 Å². The number of piperidine rings is 1. The molecule has 0 saturated carbocycles. The van der Waals surface area contributed by atoms with Crippen LogP contribution in [0.25, 0.3) is 0 Å². The van der Waals surface area contributed by atoms with Gasteiger partial charge in [0.05, 0.1) is 11.3 Å². The van der Waals surface area contributed by atoms with E-state index in [1.165, 1.54) is 12.0 Å². The minimum atomic E-state index is 0.0882. The topological polar surface area (TPSA) is 46.1 Å². The predicted molar refractivity (Wildman–Crippen MR) is 94.9 cm³/mol. The summed E-state index contributed by atoms with van der Waals surface area (Å²) in [7, 11) is 0. The summed E-state index contributed by atoms with van der Waals surface area (Å²) in [6.07, 6.45) is 7.08. The Morgan fingerprint density at radius 3 is 2.75 bits per heavy atom. The number of likely N-dealkylation sites (tertiary alicyclic amines) is 1. The number of carbonyl (C=O) groups excluding carboxylic acids is 1. The summed E-state index contributed by atoms with van der Waals surface area (Å²) in [6.45, 7) is 4.58. The Morgan fingerprint density at radius 1 is 1.21 bits per heavy atom. The molecule has 126 valence electrons. The molecule has 0 bridgehead atoms. The summed E-state index contributed by atoms with van der Waals surface area (Å²) in [6, 6.07) is 10.8. The highest BCUT2D eigenvalue weighted by Crippen LogP contribution is 2.24. The zero-order valence-electron chi connectivity index (χ0n) is 14.5. The van der Waals surface area contributed by atoms with Crippen molar-refractivity contribution in [3.8, 4) is 0 Å². The van der Waals surface area contributed by atoms with E-state index in [9.17, 15) is 4.79 Å². The van der Waals surface area contributed by atoms with Crippen molar-refractivity contribution in [2.24, 2.45) is 0 Å². The summed E-state index contributed by atoms with van der Waals surface area (Å²) >= 11 is 0. The first-order valence-electron chi connectivity index (χ1n) is 8.80. The largest absolute Gasteiger partial charge is 0.336 e. The molecule has 1 atom stereocenters. The van der Waals surface area contributed by atoms with Crippen molar-refractivity contribution >= 4 is 5.91 Å². The third kappa shape index (κ3) is 3.81. The highest BCUT2D eigenvalue weighted by Gasteiger charge is 2.28. The monoisotopic (exact) mass is 323 g/mol. The maximum absolute atomic E-state index is 13.0. The van der Waals surface area contributed by atoms with Gasteiger partial charge < -0.3 is 4.90 Å². The number of amides is 1. The van der Waals surface area contributed by atoms with Gasteiger partial charge in [0.1, 0.15) is 5.82 Å². The number of aromatic nitrogens is 2. The van der Waals surface area contributed by atoms with Crippen LogP contribution in [-0.4, -0.2) is 33.4 Å². The SMILES string of the molecule is Cc1ncc(C(=O)N2CCCC[C@@H]2CCc2ccccc2)c(C)n1. The van der Waals surface area contributed by atoms with E-state index in [0.29, 0.717) is 17.4 Å². The van der Waals surface area contributed by atoms with E-state index in [0.717, 1.165) is 37.9 Å². The molecule has 24 heavy (non-hydrogen) atoms. The van der Waals surface area contributed by atoms with E-state index in [-0.39, 0.29) is 5.91 Å². The van der Waals surface area contributed by atoms with Crippen LogP contribution in [0.3, 0.4) is 0 Å². The molecular weight excluding hydrogens is 298 g/mol. The van der Waals surface area contributed by atoms with Gasteiger partial charge in [0.2, 0.25) is 0 Å². The number of benzene rings is 1. The molecule has 1 aliphatic rings. The molecule has 1 amide bonds. The van der Waals surface area contributed by atoms with Crippen LogP contribution in [0, 0.1) is 13.8 Å². The second-order valence-corrected chi connectivity index (χ2v) is 6.59. The minimum absolute atomic E-state index is 0.0882. The first kappa shape index (κ1) is 16.6. The molecule has 1 aliphatic heterocycles. The van der Waals surface area contributed by atoms with Crippen molar-refractivity contribution in [2.45, 2.75) is 52.0 Å². The lowest BCUT2D eigenvalue weighted by Gasteiger charge is -2.36. The Balaban J connectivity index is 1.72. The lowest BCUT2D eigenvalue weighted by Crippen LogP contribution is -2.44. The molecule has 3 rings (SSSR count). The zero-order chi connectivity index (χ0) is 16.9. The molecule has 1 fully saturated rings. The maximum atomic E-state index is 13.0. The molecule has 0 unspecified atom stereocenters. The summed E-state index contributed by atoms with van der Waals surface area (Å²) in [5.74, 6) is 0.800. The summed E-state index contributed by atoms with van der Waals surface area (Å²) in [5, 5.41) is 0. The number of nitrogens with zero attached hydrogens (tertiary/aromatic N) is 3. The smallest absolute Gasteiger partial charge is 0.257 e. The summed E-state index contributed by atoms with van der Waals surface area (Å²) < 4.78 is 0. The molecule has 0 spiro atoms. The second-order valence-electron chi connectivity index (χ2n) is 6.59. The molecule has 0 radical (unpaired) electrons. The molecular formula is C20H25N3O. The standard InChI is InChI=1S/C20H25N3O/c1-15-19(14-21-16(2)22-15)20(24)23-13-7-6-10-18(23)12-11-17-8-4-3-5-9-17/h3-5,8-9,14,18H,6-7,10-13H2,1-2H3/t18-/m1/s1. The molecule has 4 heteroatoms. The van der Waals surface area contributed by atoms with Crippen molar-refractivity contribution < 1.29 is 4.79 Å². The average molecular weight is 323 g/mol. The van der Waals surface area contributed by atoms with Crippen molar-refractivity contribution in [3.63, 3.8) is 0 Å². The van der Waals surface area contributed by atoms with E-state index in [4.69, 9.17) is 0 Å². The summed E-state index contributed by atoms with van der Waals surface area (Å²) in [5.41, 5.74) is 2.76. The fraction of sp³-hybridized carbons (Fsp3) is 0.450. The Bertz CT molecular complexity index is 699. The van der Waals surface area contributed by atoms with E-state index >= 15 is 0 Å². The maximum Gasteiger partial charge on any atom is 0.257 e. The highest BCUT2D eigenvalue weighted by atomic mass is 16.2. The Morgan fingerprint density at radius 2 is 2.00 bits per heavy atom. The van der Waals surface area contributed by atoms with E-state index in [2.05, 4.69) is 34.2 Å². The van der Waals surface area contributed by atoms with Gasteiger partial charge in [-0.15, -0.1) is 0 Å². The van der Waals surface area contributed by atoms with Crippen molar-refractivity contribution in [2.75, 3.05) is 6.54 Å². The molecule has 2 aromatic rings. The quantitative estimate of drug-likeness (QED) is 0.861. The van der Waals surface area contributed by atoms with Crippen LogP contribution in [-0.2, 0) is 6.42 Å². The fourth-order valence-corrected chi connectivity index (χ4v) is 3.49. The Kier molecular flexibility index (Phi) is 5.24. The molecule has 1 aromatic carbocycles. The second kappa shape index (κ2) is 7.56. The van der Waals surface area contributed by atoms with Gasteiger partial charge in [-0.3, -0.25) is 4.79 Å². The third-order valence-electron chi connectivity index (χ3n) is 4.83. The van der Waals surface area contributed by atoms with Gasteiger partial charge >= 0.3 is 0 Å². The van der Waals surface area contributed by atoms with E-state index in [1.807, 2.05) is 24.8 Å². The molecule has 2 heterocycles. The predicted octanol–water partition coefficient (Wildman–Crippen LogP) is 3.72. The summed E-state index contributed by atoms with van der Waals surface area (Å²) in [4.78, 5) is 23.6. The van der Waals surface area contributed by atoms with E-state index < -0.39 is 0 Å². The lowest BCUT2D eigenvalue weighted by atomic mass is 9.95. The number of aryl methyl sites for hydroxylation is 3. The third-order valence-corrected chi connectivity index (χ3v) is 4.83. The Hall–Kier alpha value is -2.23. The number of carbonyl (C=O) groups is 1. The van der Waals surface area contributed by atoms with Crippen molar-refractivity contribution in [1.82, 2.24) is 14.9 Å². The van der Waals surface area contributed by atoms with Gasteiger partial charge in [-0.25, -0.2) is 9.97 Å². The fourth-order valence-electron chi connectivity index (χ4n) is 3.49. The van der Waals surface area contributed by atoms with Gasteiger partial charge in [0.15, 0.2) is 0 Å². The van der Waals surface area contributed by atoms with Crippen LogP contribution in [0.1, 0.15) is 53.1 Å². The minimum Gasteiger partial charge on any atom is -0.336 e. The average Bonchev–Trinajstić information content (AvgIpc) is 2.60. The zero-order valence-corrected chi connectivity index (χ0v) is 14.5. The molecule has 0 aliphatic carbocycles. The van der Waals surface area contributed by atoms with Crippen LogP contribution in [0.2, 0.25) is 0 Å². The van der Waals surface area contributed by atoms with Crippen LogP contribution in [0.15, 0.2) is 36.5 Å².